The zero-order chi connectivity index (χ0) is 18.6. The Kier molecular flexibility index (Phi) is 5.85. The van der Waals surface area contributed by atoms with Crippen LogP contribution in [0.15, 0.2) is 46.8 Å². The molecule has 1 aromatic rings. The van der Waals surface area contributed by atoms with E-state index in [0.29, 0.717) is 28.3 Å². The smallest absolute Gasteiger partial charge is 0.336 e. The van der Waals surface area contributed by atoms with Gasteiger partial charge in [0.15, 0.2) is 0 Å². The van der Waals surface area contributed by atoms with Gasteiger partial charge < -0.3 is 19.5 Å². The van der Waals surface area contributed by atoms with Gasteiger partial charge in [-0.1, -0.05) is 12.1 Å². The maximum atomic E-state index is 12.6. The molecule has 1 aromatic carbocycles. The number of rotatable bonds is 5. The number of hydrogen-bond donors (Lipinski definition) is 1. The fourth-order valence-electron chi connectivity index (χ4n) is 2.98. The maximum absolute atomic E-state index is 12.6. The van der Waals surface area contributed by atoms with Crippen molar-refractivity contribution in [1.29, 1.82) is 0 Å². The van der Waals surface area contributed by atoms with Crippen molar-refractivity contribution in [3.63, 3.8) is 0 Å². The largest absolute Gasteiger partial charge is 0.497 e. The third kappa shape index (κ3) is 3.68. The van der Waals surface area contributed by atoms with Gasteiger partial charge >= 0.3 is 11.9 Å². The van der Waals surface area contributed by atoms with Gasteiger partial charge in [-0.3, -0.25) is 0 Å². The third-order valence-electron chi connectivity index (χ3n) is 4.11. The minimum Gasteiger partial charge on any atom is -0.497 e. The van der Waals surface area contributed by atoms with Crippen molar-refractivity contribution in [3.05, 3.63) is 52.4 Å². The number of hydrogen-bond acceptors (Lipinski definition) is 6. The molecule has 0 aliphatic carbocycles. The molecule has 0 fully saturated rings. The summed E-state index contributed by atoms with van der Waals surface area (Å²) in [5.74, 6) is -0.822. The van der Waals surface area contributed by atoms with Crippen LogP contribution in [0.25, 0.3) is 0 Å². The molecule has 0 bridgehead atoms. The third-order valence-corrected chi connectivity index (χ3v) is 4.11. The lowest BCUT2D eigenvalue weighted by Crippen LogP contribution is -2.32. The van der Waals surface area contributed by atoms with Crippen LogP contribution in [0.4, 0.5) is 0 Å². The molecular formula is C19H23NO5. The first-order valence-corrected chi connectivity index (χ1v) is 8.02. The van der Waals surface area contributed by atoms with Crippen LogP contribution in [0, 0.1) is 0 Å². The number of benzene rings is 1. The first-order chi connectivity index (χ1) is 11.9. The summed E-state index contributed by atoms with van der Waals surface area (Å²) in [5, 5.41) is 3.09. The van der Waals surface area contributed by atoms with Gasteiger partial charge in [0.25, 0.3) is 0 Å². The summed E-state index contributed by atoms with van der Waals surface area (Å²) >= 11 is 0. The summed E-state index contributed by atoms with van der Waals surface area (Å²) in [4.78, 5) is 25.0. The zero-order valence-electron chi connectivity index (χ0n) is 15.1. The summed E-state index contributed by atoms with van der Waals surface area (Å²) < 4.78 is 15.3. The molecule has 1 atom stereocenters. The van der Waals surface area contributed by atoms with E-state index in [0.717, 1.165) is 5.56 Å². The first-order valence-electron chi connectivity index (χ1n) is 8.02. The molecule has 2 rings (SSSR count). The second-order valence-corrected chi connectivity index (χ2v) is 5.62. The van der Waals surface area contributed by atoms with Crippen LogP contribution >= 0.6 is 0 Å². The fraction of sp³-hybridized carbons (Fsp3) is 0.368. The summed E-state index contributed by atoms with van der Waals surface area (Å²) in [7, 11) is 2.90. The van der Waals surface area contributed by atoms with Crippen LogP contribution in [0.2, 0.25) is 0 Å². The maximum Gasteiger partial charge on any atom is 0.336 e. The van der Waals surface area contributed by atoms with Crippen molar-refractivity contribution >= 4 is 11.9 Å². The second-order valence-electron chi connectivity index (χ2n) is 5.62. The second kappa shape index (κ2) is 7.88. The average molecular weight is 345 g/mol. The molecule has 0 aromatic heterocycles. The summed E-state index contributed by atoms with van der Waals surface area (Å²) in [5.41, 5.74) is 2.88. The Morgan fingerprint density at radius 3 is 2.04 bits per heavy atom. The quantitative estimate of drug-likeness (QED) is 0.827. The van der Waals surface area contributed by atoms with Gasteiger partial charge in [-0.2, -0.15) is 0 Å². The lowest BCUT2D eigenvalue weighted by atomic mass is 9.80. The summed E-state index contributed by atoms with van der Waals surface area (Å²) in [6, 6.07) is 7.24. The molecule has 1 N–H and O–H groups in total. The number of methoxy groups -OCH3 is 2. The highest BCUT2D eigenvalue weighted by molar-refractivity contribution is 5.99. The van der Waals surface area contributed by atoms with E-state index >= 15 is 0 Å². The van der Waals surface area contributed by atoms with E-state index in [-0.39, 0.29) is 6.61 Å². The predicted octanol–water partition coefficient (Wildman–Crippen LogP) is 2.67. The molecule has 0 saturated carbocycles. The van der Waals surface area contributed by atoms with Crippen molar-refractivity contribution in [3.8, 4) is 5.75 Å². The molecule has 6 heteroatoms. The Hall–Kier alpha value is -2.76. The van der Waals surface area contributed by atoms with Crippen molar-refractivity contribution in [2.45, 2.75) is 26.7 Å². The Balaban J connectivity index is 2.62. The highest BCUT2D eigenvalue weighted by Crippen LogP contribution is 2.39. The minimum absolute atomic E-state index is 0.251. The number of ether oxygens (including phenoxy) is 3. The number of carbonyl (C=O) groups excluding carboxylic acids is 2. The van der Waals surface area contributed by atoms with Gasteiger partial charge in [0.05, 0.1) is 37.9 Å². The van der Waals surface area contributed by atoms with Crippen LogP contribution in [-0.4, -0.2) is 32.8 Å². The van der Waals surface area contributed by atoms with E-state index < -0.39 is 17.9 Å². The standard InChI is InChI=1S/C19H23NO5/c1-6-25-19(22)16-12(3)20-11(2)15(18(21)24-5)17(16)13-7-9-14(23-4)10-8-13/h7-10,17,20H,6H2,1-5H3. The zero-order valence-corrected chi connectivity index (χ0v) is 15.1. The monoisotopic (exact) mass is 345 g/mol. The Morgan fingerprint density at radius 2 is 1.56 bits per heavy atom. The summed E-state index contributed by atoms with van der Waals surface area (Å²) in [6.07, 6.45) is 0. The molecular weight excluding hydrogens is 322 g/mol. The lowest BCUT2D eigenvalue weighted by Gasteiger charge is -2.30. The fourth-order valence-corrected chi connectivity index (χ4v) is 2.98. The predicted molar refractivity (Wildman–Crippen MR) is 92.9 cm³/mol. The number of dihydropyridines is 1. The number of esters is 2. The van der Waals surface area contributed by atoms with Crippen LogP contribution in [0.3, 0.4) is 0 Å². The molecule has 1 heterocycles. The molecule has 0 amide bonds. The van der Waals surface area contributed by atoms with E-state index in [9.17, 15) is 9.59 Å². The first kappa shape index (κ1) is 18.6. The van der Waals surface area contributed by atoms with Gasteiger partial charge in [-0.15, -0.1) is 0 Å². The average Bonchev–Trinajstić information content (AvgIpc) is 2.60. The number of carbonyl (C=O) groups is 2. The van der Waals surface area contributed by atoms with Crippen LogP contribution in [-0.2, 0) is 19.1 Å². The molecule has 6 nitrogen and oxygen atoms in total. The van der Waals surface area contributed by atoms with E-state index in [1.807, 2.05) is 12.1 Å². The van der Waals surface area contributed by atoms with Gasteiger partial charge in [-0.05, 0) is 38.5 Å². The van der Waals surface area contributed by atoms with Crippen LogP contribution in [0.1, 0.15) is 32.3 Å². The van der Waals surface area contributed by atoms with Crippen LogP contribution in [0.5, 0.6) is 5.75 Å². The molecule has 134 valence electrons. The van der Waals surface area contributed by atoms with Gasteiger partial charge in [-0.25, -0.2) is 9.59 Å². The molecule has 1 aliphatic rings. The number of nitrogens with one attached hydrogen (secondary N) is 1. The van der Waals surface area contributed by atoms with Crippen molar-refractivity contribution in [2.75, 3.05) is 20.8 Å². The van der Waals surface area contributed by atoms with Crippen molar-refractivity contribution < 1.29 is 23.8 Å². The van der Waals surface area contributed by atoms with Gasteiger partial charge in [0.2, 0.25) is 0 Å². The van der Waals surface area contributed by atoms with E-state index in [1.54, 1.807) is 40.0 Å². The molecule has 0 saturated heterocycles. The molecule has 1 aliphatic heterocycles. The number of allylic oxidation sites excluding steroid dienone is 2. The molecule has 0 radical (unpaired) electrons. The topological polar surface area (TPSA) is 73.9 Å². The Labute approximate surface area is 147 Å². The van der Waals surface area contributed by atoms with Gasteiger partial charge in [0, 0.05) is 11.4 Å². The van der Waals surface area contributed by atoms with E-state index in [4.69, 9.17) is 14.2 Å². The Morgan fingerprint density at radius 1 is 1.00 bits per heavy atom. The van der Waals surface area contributed by atoms with E-state index in [1.165, 1.54) is 7.11 Å². The van der Waals surface area contributed by atoms with E-state index in [2.05, 4.69) is 5.32 Å². The molecule has 1 unspecified atom stereocenters. The summed E-state index contributed by atoms with van der Waals surface area (Å²) in [6.45, 7) is 5.57. The van der Waals surface area contributed by atoms with Crippen LogP contribution < -0.4 is 10.1 Å². The highest BCUT2D eigenvalue weighted by Gasteiger charge is 2.37. The lowest BCUT2D eigenvalue weighted by molar-refractivity contribution is -0.139. The van der Waals surface area contributed by atoms with Gasteiger partial charge in [0.1, 0.15) is 5.75 Å². The minimum atomic E-state index is -0.571. The molecule has 0 spiro atoms. The normalized spacial score (nSPS) is 17.1. The SMILES string of the molecule is CCOC(=O)C1=C(C)NC(C)=C(C(=O)OC)C1c1ccc(OC)cc1. The molecule has 25 heavy (non-hydrogen) atoms. The highest BCUT2D eigenvalue weighted by atomic mass is 16.5. The Bertz CT molecular complexity index is 731. The van der Waals surface area contributed by atoms with Crippen molar-refractivity contribution in [2.24, 2.45) is 0 Å². The van der Waals surface area contributed by atoms with Crippen molar-refractivity contribution in [1.82, 2.24) is 5.32 Å².